The van der Waals surface area contributed by atoms with Crippen LogP contribution in [0.15, 0.2) is 78.6 Å². The molecule has 130 valence electrons. The van der Waals surface area contributed by atoms with Gasteiger partial charge in [-0.1, -0.05) is 53.5 Å². The minimum Gasteiger partial charge on any atom is -0.384 e. The normalized spacial score (nSPS) is 12.7. The Labute approximate surface area is 162 Å². The predicted octanol–water partition coefficient (Wildman–Crippen LogP) is 5.57. The molecule has 0 radical (unpaired) electrons. The summed E-state index contributed by atoms with van der Waals surface area (Å²) in [4.78, 5) is 4.06. The third-order valence-corrected chi connectivity index (χ3v) is 4.38. The molecule has 0 aliphatic heterocycles. The van der Waals surface area contributed by atoms with Gasteiger partial charge in [-0.25, -0.2) is 0 Å². The monoisotopic (exact) mass is 382 g/mol. The number of aliphatic hydroxyl groups is 1. The second-order valence-corrected chi connectivity index (χ2v) is 6.60. The smallest absolute Gasteiger partial charge is 0.108 e. The van der Waals surface area contributed by atoms with Crippen LogP contribution < -0.4 is 0 Å². The number of aromatic nitrogens is 1. The van der Waals surface area contributed by atoms with Crippen LogP contribution in [0.3, 0.4) is 0 Å². The Morgan fingerprint density at radius 3 is 2.42 bits per heavy atom. The average Bonchev–Trinajstić information content (AvgIpc) is 2.67. The molecule has 0 spiro atoms. The number of halogens is 2. The van der Waals surface area contributed by atoms with E-state index in [9.17, 15) is 5.11 Å². The molecule has 1 heterocycles. The first kappa shape index (κ1) is 18.3. The van der Waals surface area contributed by atoms with Crippen LogP contribution in [0.25, 0.3) is 6.08 Å². The summed E-state index contributed by atoms with van der Waals surface area (Å²) in [6.07, 6.45) is 4.01. The van der Waals surface area contributed by atoms with Gasteiger partial charge in [0.05, 0.1) is 5.71 Å². The summed E-state index contributed by atoms with van der Waals surface area (Å²) in [6, 6.07) is 17.8. The number of hydrogen-bond donors (Lipinski definition) is 2. The Hall–Kier alpha value is -2.46. The number of aliphatic hydroxyl groups excluding tert-OH is 1. The highest BCUT2D eigenvalue weighted by Gasteiger charge is 2.19. The van der Waals surface area contributed by atoms with E-state index in [0.29, 0.717) is 26.7 Å². The van der Waals surface area contributed by atoms with Crippen LogP contribution in [-0.2, 0) is 0 Å². The lowest BCUT2D eigenvalue weighted by molar-refractivity contribution is 0.222. The van der Waals surface area contributed by atoms with Crippen molar-refractivity contribution in [2.24, 2.45) is 0 Å². The summed E-state index contributed by atoms with van der Waals surface area (Å²) in [5.41, 5.74) is 2.71. The first-order chi connectivity index (χ1) is 12.5. The fourth-order valence-electron chi connectivity index (χ4n) is 2.55. The standard InChI is InChI=1S/C21H16Cl2N2O/c22-17-8-6-14(7-9-17)11-19(21(26)16-4-2-10-25-13-16)20(24)15-3-1-5-18(23)12-15/h1-13,21,24,26H. The minimum absolute atomic E-state index is 0.193. The van der Waals surface area contributed by atoms with Crippen LogP contribution in [-0.4, -0.2) is 15.8 Å². The maximum atomic E-state index is 10.9. The van der Waals surface area contributed by atoms with Crippen molar-refractivity contribution in [3.05, 3.63) is 105 Å². The van der Waals surface area contributed by atoms with Gasteiger partial charge in [0, 0.05) is 39.1 Å². The van der Waals surface area contributed by atoms with Crippen molar-refractivity contribution >= 4 is 35.0 Å². The van der Waals surface area contributed by atoms with Crippen LogP contribution in [0.1, 0.15) is 22.8 Å². The van der Waals surface area contributed by atoms with Crippen LogP contribution in [0.5, 0.6) is 0 Å². The Morgan fingerprint density at radius 1 is 1.00 bits per heavy atom. The topological polar surface area (TPSA) is 57.0 Å². The number of benzene rings is 2. The second kappa shape index (κ2) is 8.28. The average molecular weight is 383 g/mol. The lowest BCUT2D eigenvalue weighted by atomic mass is 9.92. The fourth-order valence-corrected chi connectivity index (χ4v) is 2.87. The van der Waals surface area contributed by atoms with Crippen LogP contribution in [0, 0.1) is 5.41 Å². The van der Waals surface area contributed by atoms with E-state index in [2.05, 4.69) is 4.98 Å². The predicted molar refractivity (Wildman–Crippen MR) is 107 cm³/mol. The molecular formula is C21H16Cl2N2O. The Balaban J connectivity index is 2.06. The molecule has 1 unspecified atom stereocenters. The van der Waals surface area contributed by atoms with Gasteiger partial charge in [-0.2, -0.15) is 0 Å². The van der Waals surface area contributed by atoms with E-state index in [0.717, 1.165) is 5.56 Å². The van der Waals surface area contributed by atoms with E-state index in [1.54, 1.807) is 67.0 Å². The maximum Gasteiger partial charge on any atom is 0.108 e. The zero-order valence-electron chi connectivity index (χ0n) is 13.7. The quantitative estimate of drug-likeness (QED) is 0.566. The van der Waals surface area contributed by atoms with Crippen LogP contribution in [0.4, 0.5) is 0 Å². The highest BCUT2D eigenvalue weighted by atomic mass is 35.5. The van der Waals surface area contributed by atoms with E-state index in [1.807, 2.05) is 12.1 Å². The number of pyridine rings is 1. The van der Waals surface area contributed by atoms with Gasteiger partial charge < -0.3 is 5.11 Å². The summed E-state index contributed by atoms with van der Waals surface area (Å²) < 4.78 is 0. The van der Waals surface area contributed by atoms with Crippen LogP contribution in [0.2, 0.25) is 10.0 Å². The van der Waals surface area contributed by atoms with E-state index in [4.69, 9.17) is 28.6 Å². The molecule has 3 nitrogen and oxygen atoms in total. The first-order valence-corrected chi connectivity index (χ1v) is 8.70. The first-order valence-electron chi connectivity index (χ1n) is 7.94. The van der Waals surface area contributed by atoms with Gasteiger partial charge in [0.1, 0.15) is 6.10 Å². The van der Waals surface area contributed by atoms with Gasteiger partial charge in [0.25, 0.3) is 0 Å². The molecule has 3 aromatic rings. The molecule has 2 N–H and O–H groups in total. The number of nitrogens with zero attached hydrogens (tertiary/aromatic N) is 1. The van der Waals surface area contributed by atoms with Crippen molar-refractivity contribution in [2.75, 3.05) is 0 Å². The highest BCUT2D eigenvalue weighted by Crippen LogP contribution is 2.27. The largest absolute Gasteiger partial charge is 0.384 e. The lowest BCUT2D eigenvalue weighted by Gasteiger charge is -2.17. The maximum absolute atomic E-state index is 10.9. The molecule has 2 aromatic carbocycles. The van der Waals surface area contributed by atoms with Gasteiger partial charge in [-0.05, 0) is 42.0 Å². The van der Waals surface area contributed by atoms with Crippen molar-refractivity contribution in [3.8, 4) is 0 Å². The Kier molecular flexibility index (Phi) is 5.84. The Bertz CT molecular complexity index is 938. The molecule has 26 heavy (non-hydrogen) atoms. The molecular weight excluding hydrogens is 367 g/mol. The highest BCUT2D eigenvalue weighted by molar-refractivity contribution is 6.31. The summed E-state index contributed by atoms with van der Waals surface area (Å²) in [7, 11) is 0. The summed E-state index contributed by atoms with van der Waals surface area (Å²) in [5, 5.41) is 20.7. The summed E-state index contributed by atoms with van der Waals surface area (Å²) in [5.74, 6) is 0. The second-order valence-electron chi connectivity index (χ2n) is 5.73. The lowest BCUT2D eigenvalue weighted by Crippen LogP contribution is -2.12. The molecule has 0 saturated heterocycles. The van der Waals surface area contributed by atoms with Crippen LogP contribution >= 0.6 is 23.2 Å². The molecule has 0 aliphatic carbocycles. The molecule has 3 rings (SSSR count). The third kappa shape index (κ3) is 4.38. The van der Waals surface area contributed by atoms with Gasteiger partial charge in [0.2, 0.25) is 0 Å². The third-order valence-electron chi connectivity index (χ3n) is 3.89. The van der Waals surface area contributed by atoms with Crippen molar-refractivity contribution in [1.82, 2.24) is 4.98 Å². The van der Waals surface area contributed by atoms with Crippen molar-refractivity contribution < 1.29 is 5.11 Å². The Morgan fingerprint density at radius 2 is 1.77 bits per heavy atom. The SMILES string of the molecule is N=C(C(=Cc1ccc(Cl)cc1)C(O)c1cccnc1)c1cccc(Cl)c1. The van der Waals surface area contributed by atoms with Crippen molar-refractivity contribution in [3.63, 3.8) is 0 Å². The van der Waals surface area contributed by atoms with Gasteiger partial charge in [-0.3, -0.25) is 10.4 Å². The van der Waals surface area contributed by atoms with Gasteiger partial charge >= 0.3 is 0 Å². The zero-order chi connectivity index (χ0) is 18.5. The minimum atomic E-state index is -0.995. The molecule has 1 atom stereocenters. The molecule has 0 saturated carbocycles. The van der Waals surface area contributed by atoms with Gasteiger partial charge in [-0.15, -0.1) is 0 Å². The number of nitrogens with one attached hydrogen (secondary N) is 1. The van der Waals surface area contributed by atoms with E-state index in [1.165, 1.54) is 0 Å². The molecule has 0 bridgehead atoms. The fraction of sp³-hybridized carbons (Fsp3) is 0.0476. The van der Waals surface area contributed by atoms with E-state index >= 15 is 0 Å². The zero-order valence-corrected chi connectivity index (χ0v) is 15.2. The number of rotatable bonds is 5. The van der Waals surface area contributed by atoms with Crippen molar-refractivity contribution in [1.29, 1.82) is 5.41 Å². The molecule has 0 fully saturated rings. The van der Waals surface area contributed by atoms with E-state index < -0.39 is 6.10 Å². The van der Waals surface area contributed by atoms with Gasteiger partial charge in [0.15, 0.2) is 0 Å². The summed E-state index contributed by atoms with van der Waals surface area (Å²) in [6.45, 7) is 0. The number of hydrogen-bond acceptors (Lipinski definition) is 3. The molecule has 1 aromatic heterocycles. The van der Waals surface area contributed by atoms with Crippen molar-refractivity contribution in [2.45, 2.75) is 6.10 Å². The van der Waals surface area contributed by atoms with E-state index in [-0.39, 0.29) is 5.71 Å². The summed E-state index contributed by atoms with van der Waals surface area (Å²) >= 11 is 12.0. The molecule has 0 aliphatic rings. The molecule has 5 heteroatoms. The molecule has 0 amide bonds.